The number of likely N-dealkylation sites (N-methyl/N-ethyl adjacent to an activating group) is 1. The summed E-state index contributed by atoms with van der Waals surface area (Å²) in [5, 5.41) is 2.47. The van der Waals surface area contributed by atoms with E-state index in [0.29, 0.717) is 41.5 Å². The Balaban J connectivity index is 1.50. The Labute approximate surface area is 219 Å². The van der Waals surface area contributed by atoms with Gasteiger partial charge in [-0.05, 0) is 58.3 Å². The van der Waals surface area contributed by atoms with Gasteiger partial charge in [-0.3, -0.25) is 9.59 Å². The molecule has 190 valence electrons. The molecule has 5 rings (SSSR count). The number of ketones is 1. The molecule has 1 N–H and O–H groups in total. The molecule has 1 amide bonds. The third-order valence-corrected chi connectivity index (χ3v) is 7.09. The Morgan fingerprint density at radius 3 is 2.51 bits per heavy atom. The highest BCUT2D eigenvalue weighted by Gasteiger charge is 2.31. The number of Topliss-reactive ketones (excluding diaryl/α,β-unsaturated/α-hetero) is 1. The summed E-state index contributed by atoms with van der Waals surface area (Å²) < 4.78 is 45.7. The second kappa shape index (κ2) is 9.85. The number of hydrogen-bond acceptors (Lipinski definition) is 6. The number of hydrogen-bond donors (Lipinski definition) is 1. The molecule has 2 aliphatic rings. The number of allylic oxidation sites excluding steroid dienone is 1. The van der Waals surface area contributed by atoms with E-state index >= 15 is 0 Å². The minimum absolute atomic E-state index is 0.0673. The predicted octanol–water partition coefficient (Wildman–Crippen LogP) is 5.43. The second-order valence-electron chi connectivity index (χ2n) is 8.47. The summed E-state index contributed by atoms with van der Waals surface area (Å²) in [5.74, 6) is -1.71. The summed E-state index contributed by atoms with van der Waals surface area (Å²) in [4.78, 5) is 28.0. The van der Waals surface area contributed by atoms with Gasteiger partial charge in [0, 0.05) is 30.4 Å². The van der Waals surface area contributed by atoms with Gasteiger partial charge in [-0.25, -0.2) is 8.78 Å². The number of nitrogens with one attached hydrogen (secondary N) is 1. The quantitative estimate of drug-likeness (QED) is 0.412. The normalized spacial score (nSPS) is 14.0. The fraction of sp³-hybridized carbons (Fsp3) is 0.185. The monoisotopic (exact) mass is 570 g/mol. The Bertz CT molecular complexity index is 1450. The zero-order valence-electron chi connectivity index (χ0n) is 19.9. The summed E-state index contributed by atoms with van der Waals surface area (Å²) in [5.41, 5.74) is 1.82. The van der Waals surface area contributed by atoms with E-state index < -0.39 is 23.1 Å². The fourth-order valence-electron chi connectivity index (χ4n) is 4.40. The van der Waals surface area contributed by atoms with Crippen LogP contribution in [-0.4, -0.2) is 44.1 Å². The number of halogens is 3. The maximum absolute atomic E-state index is 14.0. The lowest BCUT2D eigenvalue weighted by atomic mass is 10.0. The van der Waals surface area contributed by atoms with Gasteiger partial charge in [0.2, 0.25) is 18.3 Å². The number of fused-ring (bicyclic) bond motifs is 2. The minimum Gasteiger partial charge on any atom is -0.492 e. The van der Waals surface area contributed by atoms with Crippen LogP contribution in [0.25, 0.3) is 6.08 Å². The topological polar surface area (TPSA) is 77.1 Å². The van der Waals surface area contributed by atoms with E-state index in [1.165, 1.54) is 25.3 Å². The number of carbonyl (C=O) groups is 2. The van der Waals surface area contributed by atoms with Gasteiger partial charge in [0.1, 0.15) is 17.2 Å². The van der Waals surface area contributed by atoms with Crippen molar-refractivity contribution in [3.05, 3.63) is 86.5 Å². The van der Waals surface area contributed by atoms with Crippen molar-refractivity contribution in [1.82, 2.24) is 4.90 Å². The molecule has 0 spiro atoms. The van der Waals surface area contributed by atoms with Crippen LogP contribution < -0.4 is 19.5 Å². The van der Waals surface area contributed by atoms with Crippen molar-refractivity contribution in [3.8, 4) is 17.2 Å². The van der Waals surface area contributed by atoms with E-state index in [1.807, 2.05) is 11.9 Å². The van der Waals surface area contributed by atoms with Crippen molar-refractivity contribution >= 4 is 39.4 Å². The molecule has 0 fully saturated rings. The van der Waals surface area contributed by atoms with Crippen LogP contribution in [0.1, 0.15) is 31.8 Å². The number of anilines is 1. The third kappa shape index (κ3) is 4.42. The molecule has 0 unspecified atom stereocenters. The van der Waals surface area contributed by atoms with Gasteiger partial charge in [-0.1, -0.05) is 18.2 Å². The lowest BCUT2D eigenvalue weighted by molar-refractivity contribution is 0.0995. The smallest absolute Gasteiger partial charge is 0.261 e. The largest absolute Gasteiger partial charge is 0.492 e. The van der Waals surface area contributed by atoms with Gasteiger partial charge in [0.05, 0.1) is 17.3 Å². The minimum atomic E-state index is -0.977. The number of benzene rings is 3. The number of carbonyl (C=O) groups excluding carboxylic acids is 2. The van der Waals surface area contributed by atoms with Gasteiger partial charge in [-0.2, -0.15) is 0 Å². The van der Waals surface area contributed by atoms with Crippen molar-refractivity contribution in [3.63, 3.8) is 0 Å². The molecule has 0 radical (unpaired) electrons. The molecule has 0 saturated heterocycles. The number of rotatable bonds is 5. The Morgan fingerprint density at radius 1 is 1.08 bits per heavy atom. The van der Waals surface area contributed by atoms with Gasteiger partial charge >= 0.3 is 0 Å². The standard InChI is InChI=1S/C27H21BrF2N2O5/c1-32-10-9-16-17(24(35-2)26-25(22(16)28)36-13-37-26)12-20(32)23(33)14-5-3-6-15(11-14)31-27(34)21-18(29)7-4-8-19(21)30/h3-8,11-12H,9-10,13H2,1-2H3,(H,31,34). The second-order valence-corrected chi connectivity index (χ2v) is 9.26. The average molecular weight is 571 g/mol. The summed E-state index contributed by atoms with van der Waals surface area (Å²) >= 11 is 3.61. The van der Waals surface area contributed by atoms with E-state index in [1.54, 1.807) is 18.2 Å². The maximum atomic E-state index is 14.0. The molecule has 2 aliphatic heterocycles. The van der Waals surface area contributed by atoms with Crippen LogP contribution in [0.2, 0.25) is 0 Å². The average Bonchev–Trinajstić information content (AvgIpc) is 3.29. The van der Waals surface area contributed by atoms with Gasteiger partial charge in [-0.15, -0.1) is 0 Å². The maximum Gasteiger partial charge on any atom is 0.261 e. The van der Waals surface area contributed by atoms with Crippen LogP contribution in [-0.2, 0) is 6.42 Å². The number of ether oxygens (including phenoxy) is 3. The number of methoxy groups -OCH3 is 1. The molecule has 3 aromatic carbocycles. The van der Waals surface area contributed by atoms with Crippen LogP contribution in [0.15, 0.2) is 52.6 Å². The van der Waals surface area contributed by atoms with E-state index in [9.17, 15) is 18.4 Å². The fourth-order valence-corrected chi connectivity index (χ4v) is 5.11. The molecule has 0 aromatic heterocycles. The zero-order valence-corrected chi connectivity index (χ0v) is 21.4. The summed E-state index contributed by atoms with van der Waals surface area (Å²) in [6.07, 6.45) is 2.35. The first-order chi connectivity index (χ1) is 17.8. The highest BCUT2D eigenvalue weighted by Crippen LogP contribution is 2.51. The Morgan fingerprint density at radius 2 is 1.78 bits per heavy atom. The van der Waals surface area contributed by atoms with Crippen molar-refractivity contribution in [2.24, 2.45) is 0 Å². The van der Waals surface area contributed by atoms with Crippen LogP contribution >= 0.6 is 15.9 Å². The van der Waals surface area contributed by atoms with Crippen molar-refractivity contribution in [1.29, 1.82) is 0 Å². The van der Waals surface area contributed by atoms with E-state index in [4.69, 9.17) is 14.2 Å². The first kappa shape index (κ1) is 24.8. The predicted molar refractivity (Wildman–Crippen MR) is 136 cm³/mol. The van der Waals surface area contributed by atoms with Gasteiger partial charge in [0.25, 0.3) is 5.91 Å². The van der Waals surface area contributed by atoms with Gasteiger partial charge in [0.15, 0.2) is 11.5 Å². The van der Waals surface area contributed by atoms with Crippen LogP contribution in [0.4, 0.5) is 14.5 Å². The molecule has 0 saturated carbocycles. The lowest BCUT2D eigenvalue weighted by Gasteiger charge is -2.20. The van der Waals surface area contributed by atoms with Crippen molar-refractivity contribution < 1.29 is 32.6 Å². The number of amides is 1. The molecule has 0 atom stereocenters. The first-order valence-electron chi connectivity index (χ1n) is 11.3. The lowest BCUT2D eigenvalue weighted by Crippen LogP contribution is -2.24. The SMILES string of the molecule is COc1c2c(c(Br)c3c1OCO3)CCN(C)C(C(=O)c1cccc(NC(=O)c3c(F)cccc3F)c1)=C2. The molecule has 10 heteroatoms. The molecule has 37 heavy (non-hydrogen) atoms. The molecule has 7 nitrogen and oxygen atoms in total. The highest BCUT2D eigenvalue weighted by atomic mass is 79.9. The van der Waals surface area contributed by atoms with Crippen molar-refractivity contribution in [2.75, 3.05) is 32.8 Å². The number of nitrogens with zero attached hydrogens (tertiary/aromatic N) is 1. The highest BCUT2D eigenvalue weighted by molar-refractivity contribution is 9.10. The molecular weight excluding hydrogens is 550 g/mol. The van der Waals surface area contributed by atoms with E-state index in [-0.39, 0.29) is 23.8 Å². The van der Waals surface area contributed by atoms with E-state index in [0.717, 1.165) is 22.2 Å². The molecule has 2 heterocycles. The Kier molecular flexibility index (Phi) is 6.59. The van der Waals surface area contributed by atoms with Crippen molar-refractivity contribution in [2.45, 2.75) is 6.42 Å². The summed E-state index contributed by atoms with van der Waals surface area (Å²) in [6.45, 7) is 0.604. The molecule has 0 bridgehead atoms. The molecule has 0 aliphatic carbocycles. The third-order valence-electron chi connectivity index (χ3n) is 6.25. The summed E-state index contributed by atoms with van der Waals surface area (Å²) in [7, 11) is 3.34. The van der Waals surface area contributed by atoms with Crippen LogP contribution in [0, 0.1) is 11.6 Å². The first-order valence-corrected chi connectivity index (χ1v) is 12.1. The van der Waals surface area contributed by atoms with Gasteiger partial charge < -0.3 is 24.4 Å². The van der Waals surface area contributed by atoms with Crippen LogP contribution in [0.3, 0.4) is 0 Å². The van der Waals surface area contributed by atoms with E-state index in [2.05, 4.69) is 21.2 Å². The van der Waals surface area contributed by atoms with Crippen LogP contribution in [0.5, 0.6) is 17.2 Å². The zero-order chi connectivity index (χ0) is 26.3. The molecular formula is C27H21BrF2N2O5. The summed E-state index contributed by atoms with van der Waals surface area (Å²) in [6, 6.07) is 9.38. The molecule has 3 aromatic rings. The Hall–Kier alpha value is -3.92.